The Hall–Kier alpha value is -0.130. The predicted octanol–water partition coefficient (Wildman–Crippen LogP) is 0.674. The van der Waals surface area contributed by atoms with E-state index in [4.69, 9.17) is 0 Å². The van der Waals surface area contributed by atoms with Gasteiger partial charge in [0.1, 0.15) is 0 Å². The summed E-state index contributed by atoms with van der Waals surface area (Å²) in [5, 5.41) is 3.42. The minimum absolute atomic E-state index is 0.646. The van der Waals surface area contributed by atoms with Crippen LogP contribution in [0.15, 0.2) is 10.9 Å². The van der Waals surface area contributed by atoms with E-state index in [0.717, 1.165) is 0 Å². The molecule has 0 saturated heterocycles. The maximum atomic E-state index is 4.35. The van der Waals surface area contributed by atoms with Crippen molar-refractivity contribution in [3.8, 4) is 0 Å². The van der Waals surface area contributed by atoms with E-state index in [1.807, 2.05) is 22.6 Å². The van der Waals surface area contributed by atoms with Gasteiger partial charge in [-0.05, 0) is 0 Å². The molecular weight excluding hydrogens is 195 g/mol. The summed E-state index contributed by atoms with van der Waals surface area (Å²) in [5.74, 6) is 0. The molecule has 0 radical (unpaired) electrons. The minimum atomic E-state index is 0.646. The fourth-order valence-electron chi connectivity index (χ4n) is 0.158. The first kappa shape index (κ1) is 4.04. The lowest BCUT2D eigenvalue weighted by atomic mass is 11.3. The molecule has 0 amide bonds. The highest BCUT2D eigenvalue weighted by Crippen LogP contribution is 1.89. The summed E-state index contributed by atoms with van der Waals surface area (Å²) in [5.41, 5.74) is 0. The molecule has 1 rings (SSSR count). The third kappa shape index (κ3) is 0.675. The average molecular weight is 196 g/mol. The van der Waals surface area contributed by atoms with Crippen LogP contribution in [0.2, 0.25) is 0 Å². The van der Waals surface area contributed by atoms with E-state index < -0.39 is 0 Å². The lowest BCUT2D eigenvalue weighted by molar-refractivity contribution is 0.413. The summed E-state index contributed by atoms with van der Waals surface area (Å²) in [6.45, 7) is 0. The molecule has 0 saturated carbocycles. The van der Waals surface area contributed by atoms with Gasteiger partial charge in [0.25, 0.3) is 0 Å². The van der Waals surface area contributed by atoms with E-state index >= 15 is 0 Å². The Morgan fingerprint density at radius 3 is 2.83 bits per heavy atom. The van der Waals surface area contributed by atoms with Gasteiger partial charge in [-0.25, -0.2) is 0 Å². The summed E-state index contributed by atoms with van der Waals surface area (Å²) in [7, 11) is 0. The number of hydrogen-bond acceptors (Lipinski definition) is 3. The van der Waals surface area contributed by atoms with Gasteiger partial charge < -0.3 is 4.52 Å². The molecule has 1 heterocycles. The summed E-state index contributed by atoms with van der Waals surface area (Å²) >= 11 is 1.96. The molecule has 3 nitrogen and oxygen atoms in total. The van der Waals surface area contributed by atoms with Crippen LogP contribution < -0.4 is 0 Å². The summed E-state index contributed by atoms with van der Waals surface area (Å²) in [4.78, 5) is 3.63. The molecule has 0 aliphatic heterocycles. The summed E-state index contributed by atoms with van der Waals surface area (Å²) < 4.78 is 4.99. The van der Waals surface area contributed by atoms with Crippen LogP contribution in [0.3, 0.4) is 0 Å². The maximum Gasteiger partial charge on any atom is 0.232 e. The third-order valence-corrected chi connectivity index (χ3v) is 0.810. The molecule has 0 unspecified atom stereocenters. The highest BCUT2D eigenvalue weighted by atomic mass is 127. The zero-order valence-electron chi connectivity index (χ0n) is 2.76. The highest BCUT2D eigenvalue weighted by molar-refractivity contribution is 14.1. The molecule has 0 spiro atoms. The monoisotopic (exact) mass is 196 g/mol. The zero-order valence-corrected chi connectivity index (χ0v) is 4.92. The fraction of sp³-hybridized carbons (Fsp3) is 0. The Morgan fingerprint density at radius 1 is 1.83 bits per heavy atom. The van der Waals surface area contributed by atoms with Gasteiger partial charge in [0.05, 0.1) is 0 Å². The molecule has 0 aliphatic rings. The average Bonchev–Trinajstić information content (AvgIpc) is 1.86. The molecule has 0 bridgehead atoms. The van der Waals surface area contributed by atoms with Crippen LogP contribution in [-0.2, 0) is 0 Å². The molecule has 0 fully saturated rings. The van der Waals surface area contributed by atoms with Crippen molar-refractivity contribution in [2.24, 2.45) is 0 Å². The maximum absolute atomic E-state index is 4.35. The van der Waals surface area contributed by atoms with Crippen LogP contribution >= 0.6 is 22.6 Å². The van der Waals surface area contributed by atoms with Crippen molar-refractivity contribution < 1.29 is 4.52 Å². The van der Waals surface area contributed by atoms with E-state index in [-0.39, 0.29) is 0 Å². The van der Waals surface area contributed by atoms with Gasteiger partial charge in [-0.15, -0.1) is 0 Å². The van der Waals surface area contributed by atoms with E-state index in [0.29, 0.717) is 3.83 Å². The molecule has 0 atom stereocenters. The number of hydrogen-bond donors (Lipinski definition) is 0. The highest BCUT2D eigenvalue weighted by Gasteiger charge is 1.82. The molecule has 0 aromatic carbocycles. The molecule has 4 heteroatoms. The van der Waals surface area contributed by atoms with Crippen LogP contribution in [0.4, 0.5) is 0 Å². The predicted molar refractivity (Wildman–Crippen MR) is 27.0 cm³/mol. The van der Waals surface area contributed by atoms with Gasteiger partial charge in [0.2, 0.25) is 10.2 Å². The van der Waals surface area contributed by atoms with Crippen molar-refractivity contribution in [1.82, 2.24) is 10.1 Å². The van der Waals surface area contributed by atoms with Crippen molar-refractivity contribution in [2.45, 2.75) is 0 Å². The standard InChI is InChI=1S/C2HIN2O/c3-2-4-1-6-5-2/h1H. The topological polar surface area (TPSA) is 38.9 Å². The molecule has 0 N–H and O–H groups in total. The van der Waals surface area contributed by atoms with Crippen molar-refractivity contribution in [3.63, 3.8) is 0 Å². The first-order valence-electron chi connectivity index (χ1n) is 1.31. The Bertz CT molecular complexity index is 115. The second-order valence-corrected chi connectivity index (χ2v) is 1.67. The van der Waals surface area contributed by atoms with Crippen molar-refractivity contribution in [3.05, 3.63) is 10.2 Å². The van der Waals surface area contributed by atoms with Crippen molar-refractivity contribution in [1.29, 1.82) is 0 Å². The van der Waals surface area contributed by atoms with Gasteiger partial charge >= 0.3 is 0 Å². The summed E-state index contributed by atoms with van der Waals surface area (Å²) in [6.07, 6.45) is 1.29. The number of nitrogens with zero attached hydrogens (tertiary/aromatic N) is 2. The normalized spacial score (nSPS) is 8.83. The number of rotatable bonds is 0. The van der Waals surface area contributed by atoms with Crippen LogP contribution in [-0.4, -0.2) is 10.1 Å². The van der Waals surface area contributed by atoms with Crippen LogP contribution in [0.1, 0.15) is 0 Å². The van der Waals surface area contributed by atoms with E-state index in [1.165, 1.54) is 6.39 Å². The second kappa shape index (κ2) is 1.55. The lowest BCUT2D eigenvalue weighted by Gasteiger charge is -1.57. The van der Waals surface area contributed by atoms with Crippen LogP contribution in [0.5, 0.6) is 0 Å². The molecule has 0 aliphatic carbocycles. The Morgan fingerprint density at radius 2 is 2.67 bits per heavy atom. The summed E-state index contributed by atoms with van der Waals surface area (Å²) in [6, 6.07) is 0. The first-order valence-corrected chi connectivity index (χ1v) is 2.39. The number of aromatic nitrogens is 2. The molecule has 1 aromatic heterocycles. The van der Waals surface area contributed by atoms with Crippen molar-refractivity contribution >= 4 is 22.6 Å². The van der Waals surface area contributed by atoms with E-state index in [1.54, 1.807) is 0 Å². The quantitative estimate of drug-likeness (QED) is 0.572. The molecule has 6 heavy (non-hydrogen) atoms. The van der Waals surface area contributed by atoms with E-state index in [9.17, 15) is 0 Å². The smallest absolute Gasteiger partial charge is 0.232 e. The van der Waals surface area contributed by atoms with Crippen LogP contribution in [0, 0.1) is 3.83 Å². The molecular formula is C2HIN2O. The van der Waals surface area contributed by atoms with E-state index in [2.05, 4.69) is 14.7 Å². The van der Waals surface area contributed by atoms with Gasteiger partial charge in [0, 0.05) is 22.6 Å². The Kier molecular flexibility index (Phi) is 1.04. The van der Waals surface area contributed by atoms with Gasteiger partial charge in [-0.1, -0.05) is 5.16 Å². The molecule has 1 aromatic rings. The molecule has 32 valence electrons. The van der Waals surface area contributed by atoms with Gasteiger partial charge in [-0.3, -0.25) is 0 Å². The first-order chi connectivity index (χ1) is 2.89. The largest absolute Gasteiger partial charge is 0.342 e. The van der Waals surface area contributed by atoms with Gasteiger partial charge in [0.15, 0.2) is 0 Å². The zero-order chi connectivity index (χ0) is 4.41. The van der Waals surface area contributed by atoms with Crippen molar-refractivity contribution in [2.75, 3.05) is 0 Å². The Balaban J connectivity index is 3.05. The van der Waals surface area contributed by atoms with Crippen LogP contribution in [0.25, 0.3) is 0 Å². The SMILES string of the molecule is Ic1ncon1. The number of halogens is 1. The minimum Gasteiger partial charge on any atom is -0.342 e. The van der Waals surface area contributed by atoms with Gasteiger partial charge in [-0.2, -0.15) is 4.98 Å². The second-order valence-electron chi connectivity index (χ2n) is 0.700. The third-order valence-electron chi connectivity index (χ3n) is 0.334. The lowest BCUT2D eigenvalue weighted by Crippen LogP contribution is -1.64. The fourth-order valence-corrected chi connectivity index (χ4v) is 0.385. The Labute approximate surface area is 47.9 Å².